The van der Waals surface area contributed by atoms with E-state index in [1.54, 1.807) is 0 Å². The van der Waals surface area contributed by atoms with Crippen LogP contribution in [0, 0.1) is 13.8 Å². The number of nitrogens with zero attached hydrogens (tertiary/aromatic N) is 2. The molecule has 0 unspecified atom stereocenters. The fourth-order valence-electron chi connectivity index (χ4n) is 1.76. The molecule has 0 fully saturated rings. The summed E-state index contributed by atoms with van der Waals surface area (Å²) in [6.45, 7) is 8.87. The van der Waals surface area contributed by atoms with Crippen LogP contribution < -0.4 is 4.74 Å². The molecule has 0 spiro atoms. The third-order valence-corrected chi connectivity index (χ3v) is 2.91. The van der Waals surface area contributed by atoms with Gasteiger partial charge in [-0.25, -0.2) is 0 Å². The molecule has 2 rings (SSSR count). The van der Waals surface area contributed by atoms with Gasteiger partial charge in [0.2, 0.25) is 0 Å². The van der Waals surface area contributed by atoms with Crippen molar-refractivity contribution in [3.63, 3.8) is 0 Å². The molecule has 18 heavy (non-hydrogen) atoms. The summed E-state index contributed by atoms with van der Waals surface area (Å²) in [5.41, 5.74) is 3.33. The highest BCUT2D eigenvalue weighted by Gasteiger charge is 2.04. The summed E-state index contributed by atoms with van der Waals surface area (Å²) >= 11 is 0. The van der Waals surface area contributed by atoms with Gasteiger partial charge in [0, 0.05) is 12.2 Å². The predicted molar refractivity (Wildman–Crippen MR) is 72.9 cm³/mol. The largest absolute Gasteiger partial charge is 0.487 e. The first-order valence-corrected chi connectivity index (χ1v) is 6.30. The molecule has 2 aromatic rings. The Morgan fingerprint density at radius 3 is 2.67 bits per heavy atom. The van der Waals surface area contributed by atoms with E-state index >= 15 is 0 Å². The maximum absolute atomic E-state index is 5.82. The fourth-order valence-corrected chi connectivity index (χ4v) is 1.76. The van der Waals surface area contributed by atoms with E-state index in [9.17, 15) is 0 Å². The van der Waals surface area contributed by atoms with Crippen LogP contribution in [0.2, 0.25) is 0 Å². The quantitative estimate of drug-likeness (QED) is 0.820. The van der Waals surface area contributed by atoms with Gasteiger partial charge in [-0.15, -0.1) is 0 Å². The van der Waals surface area contributed by atoms with Crippen molar-refractivity contribution in [2.45, 2.75) is 40.3 Å². The Labute approximate surface area is 108 Å². The van der Waals surface area contributed by atoms with Crippen LogP contribution in [0.25, 0.3) is 0 Å². The van der Waals surface area contributed by atoms with Crippen LogP contribution >= 0.6 is 0 Å². The van der Waals surface area contributed by atoms with Crippen LogP contribution in [0.1, 0.15) is 36.7 Å². The second-order valence-electron chi connectivity index (χ2n) is 4.94. The molecule has 1 aromatic carbocycles. The molecule has 1 heterocycles. The standard InChI is InChI=1S/C15H20N2O/c1-11(2)17-8-7-14(16-17)10-18-15-9-12(3)5-6-13(15)4/h5-9,11H,10H2,1-4H3. The molecule has 0 aliphatic carbocycles. The summed E-state index contributed by atoms with van der Waals surface area (Å²) in [5.74, 6) is 0.939. The number of rotatable bonds is 4. The van der Waals surface area contributed by atoms with E-state index in [1.165, 1.54) is 5.56 Å². The highest BCUT2D eigenvalue weighted by Crippen LogP contribution is 2.20. The lowest BCUT2D eigenvalue weighted by molar-refractivity contribution is 0.296. The number of hydrogen-bond acceptors (Lipinski definition) is 2. The van der Waals surface area contributed by atoms with Gasteiger partial charge < -0.3 is 4.74 Å². The van der Waals surface area contributed by atoms with E-state index < -0.39 is 0 Å². The maximum Gasteiger partial charge on any atom is 0.132 e. The van der Waals surface area contributed by atoms with Gasteiger partial charge in [-0.05, 0) is 51.0 Å². The molecule has 3 heteroatoms. The monoisotopic (exact) mass is 244 g/mol. The van der Waals surface area contributed by atoms with E-state index in [-0.39, 0.29) is 0 Å². The van der Waals surface area contributed by atoms with Crippen LogP contribution in [-0.2, 0) is 6.61 Å². The second-order valence-corrected chi connectivity index (χ2v) is 4.94. The molecule has 0 bridgehead atoms. The van der Waals surface area contributed by atoms with Gasteiger partial charge in [-0.3, -0.25) is 4.68 Å². The van der Waals surface area contributed by atoms with E-state index in [4.69, 9.17) is 4.74 Å². The van der Waals surface area contributed by atoms with Gasteiger partial charge in [-0.2, -0.15) is 5.10 Å². The van der Waals surface area contributed by atoms with Gasteiger partial charge >= 0.3 is 0 Å². The topological polar surface area (TPSA) is 27.1 Å². The highest BCUT2D eigenvalue weighted by atomic mass is 16.5. The zero-order valence-corrected chi connectivity index (χ0v) is 11.5. The lowest BCUT2D eigenvalue weighted by atomic mass is 10.1. The van der Waals surface area contributed by atoms with Crippen LogP contribution in [0.5, 0.6) is 5.75 Å². The smallest absolute Gasteiger partial charge is 0.132 e. The summed E-state index contributed by atoms with van der Waals surface area (Å²) in [6.07, 6.45) is 1.99. The first-order valence-electron chi connectivity index (χ1n) is 6.30. The molecule has 0 saturated heterocycles. The van der Waals surface area contributed by atoms with Gasteiger partial charge in [0.05, 0.1) is 5.69 Å². The van der Waals surface area contributed by atoms with E-state index in [2.05, 4.69) is 51.0 Å². The third-order valence-electron chi connectivity index (χ3n) is 2.91. The van der Waals surface area contributed by atoms with E-state index in [1.807, 2.05) is 16.9 Å². The molecule has 3 nitrogen and oxygen atoms in total. The molecule has 96 valence electrons. The average molecular weight is 244 g/mol. The third kappa shape index (κ3) is 2.92. The van der Waals surface area contributed by atoms with Gasteiger partial charge in [-0.1, -0.05) is 12.1 Å². The van der Waals surface area contributed by atoms with Crippen molar-refractivity contribution < 1.29 is 4.74 Å². The molecular formula is C15H20N2O. The number of benzene rings is 1. The summed E-state index contributed by atoms with van der Waals surface area (Å²) in [5, 5.41) is 4.47. The van der Waals surface area contributed by atoms with E-state index in [0.29, 0.717) is 12.6 Å². The summed E-state index contributed by atoms with van der Waals surface area (Å²) in [7, 11) is 0. The van der Waals surface area contributed by atoms with Crippen molar-refractivity contribution in [2.24, 2.45) is 0 Å². The Balaban J connectivity index is 2.04. The molecule has 0 atom stereocenters. The minimum atomic E-state index is 0.388. The number of ether oxygens (including phenoxy) is 1. The minimum absolute atomic E-state index is 0.388. The molecule has 0 radical (unpaired) electrons. The van der Waals surface area contributed by atoms with Crippen molar-refractivity contribution in [1.82, 2.24) is 9.78 Å². The molecular weight excluding hydrogens is 224 g/mol. The van der Waals surface area contributed by atoms with Crippen LogP contribution in [0.4, 0.5) is 0 Å². The Morgan fingerprint density at radius 1 is 1.22 bits per heavy atom. The Hall–Kier alpha value is -1.77. The van der Waals surface area contributed by atoms with Crippen LogP contribution in [0.3, 0.4) is 0 Å². The normalized spacial score (nSPS) is 10.9. The van der Waals surface area contributed by atoms with Gasteiger partial charge in [0.1, 0.15) is 12.4 Å². The van der Waals surface area contributed by atoms with Crippen molar-refractivity contribution in [2.75, 3.05) is 0 Å². The van der Waals surface area contributed by atoms with E-state index in [0.717, 1.165) is 17.0 Å². The highest BCUT2D eigenvalue weighted by molar-refractivity contribution is 5.36. The summed E-state index contributed by atoms with van der Waals surface area (Å²) < 4.78 is 7.77. The molecule has 0 saturated carbocycles. The zero-order valence-electron chi connectivity index (χ0n) is 11.5. The lowest BCUT2D eigenvalue weighted by Crippen LogP contribution is -2.03. The Kier molecular flexibility index (Phi) is 3.70. The lowest BCUT2D eigenvalue weighted by Gasteiger charge is -2.09. The average Bonchev–Trinajstić information content (AvgIpc) is 2.79. The van der Waals surface area contributed by atoms with Crippen LogP contribution in [-0.4, -0.2) is 9.78 Å². The molecule has 0 aliphatic heterocycles. The molecule has 1 aromatic heterocycles. The number of aryl methyl sites for hydroxylation is 2. The number of aromatic nitrogens is 2. The first kappa shape index (κ1) is 12.7. The second kappa shape index (κ2) is 5.25. The first-order chi connectivity index (χ1) is 8.56. The van der Waals surface area contributed by atoms with Gasteiger partial charge in [0.25, 0.3) is 0 Å². The Morgan fingerprint density at radius 2 is 2.00 bits per heavy atom. The predicted octanol–water partition coefficient (Wildman–Crippen LogP) is 3.66. The molecule has 0 amide bonds. The van der Waals surface area contributed by atoms with Crippen molar-refractivity contribution in [3.05, 3.63) is 47.3 Å². The SMILES string of the molecule is Cc1ccc(C)c(OCc2ccn(C(C)C)n2)c1. The summed E-state index contributed by atoms with van der Waals surface area (Å²) in [6, 6.07) is 8.63. The minimum Gasteiger partial charge on any atom is -0.487 e. The van der Waals surface area contributed by atoms with Crippen LogP contribution in [0.15, 0.2) is 30.5 Å². The van der Waals surface area contributed by atoms with Crippen molar-refractivity contribution >= 4 is 0 Å². The maximum atomic E-state index is 5.82. The summed E-state index contributed by atoms with van der Waals surface area (Å²) in [4.78, 5) is 0. The molecule has 0 N–H and O–H groups in total. The molecule has 0 aliphatic rings. The Bertz CT molecular complexity index is 529. The number of hydrogen-bond donors (Lipinski definition) is 0. The van der Waals surface area contributed by atoms with Crippen molar-refractivity contribution in [1.29, 1.82) is 0 Å². The zero-order chi connectivity index (χ0) is 13.1. The fraction of sp³-hybridized carbons (Fsp3) is 0.400. The van der Waals surface area contributed by atoms with Crippen molar-refractivity contribution in [3.8, 4) is 5.75 Å². The van der Waals surface area contributed by atoms with Gasteiger partial charge in [0.15, 0.2) is 0 Å².